The molecule has 0 amide bonds. The third-order valence-electron chi connectivity index (χ3n) is 2.74. The normalized spacial score (nSPS) is 10.5. The molecule has 0 aliphatic carbocycles. The number of benzene rings is 1. The molecule has 0 aromatic heterocycles. The van der Waals surface area contributed by atoms with E-state index >= 15 is 0 Å². The highest BCUT2D eigenvalue weighted by molar-refractivity contribution is 5.52. The molecule has 0 bridgehead atoms. The smallest absolute Gasteiger partial charge is 0.0349 e. The van der Waals surface area contributed by atoms with E-state index in [2.05, 4.69) is 32.9 Å². The first-order valence-corrected chi connectivity index (χ1v) is 5.63. The van der Waals surface area contributed by atoms with Gasteiger partial charge in [0.1, 0.15) is 0 Å². The Kier molecular flexibility index (Phi) is 3.99. The number of nitrogens with two attached hydrogens (primary N) is 1. The Balaban J connectivity index is 3.10. The van der Waals surface area contributed by atoms with Gasteiger partial charge in [0.2, 0.25) is 0 Å². The van der Waals surface area contributed by atoms with Crippen molar-refractivity contribution in [2.24, 2.45) is 0 Å². The van der Waals surface area contributed by atoms with Crippen LogP contribution in [-0.2, 0) is 19.3 Å². The van der Waals surface area contributed by atoms with Gasteiger partial charge in [-0.05, 0) is 42.0 Å². The molecule has 0 atom stereocenters. The van der Waals surface area contributed by atoms with Crippen LogP contribution in [0.25, 0.3) is 0 Å². The highest BCUT2D eigenvalue weighted by Gasteiger charge is 2.04. The lowest BCUT2D eigenvalue weighted by Crippen LogP contribution is -2.00. The van der Waals surface area contributed by atoms with Crippen molar-refractivity contribution in [3.8, 4) is 0 Å². The number of hydrogen-bond acceptors (Lipinski definition) is 1. The molecule has 1 rings (SSSR count). The third-order valence-corrected chi connectivity index (χ3v) is 2.74. The molecule has 0 heterocycles. The average molecular weight is 191 g/mol. The van der Waals surface area contributed by atoms with Crippen molar-refractivity contribution in [2.45, 2.75) is 46.5 Å². The SMILES string of the molecule is CCCc1cc(N)c(CC)cc1CC. The molecule has 0 saturated heterocycles. The molecule has 0 radical (unpaired) electrons. The number of nitrogen functional groups attached to an aromatic ring is 1. The lowest BCUT2D eigenvalue weighted by atomic mass is 9.96. The highest BCUT2D eigenvalue weighted by Crippen LogP contribution is 2.21. The highest BCUT2D eigenvalue weighted by atomic mass is 14.6. The van der Waals surface area contributed by atoms with Gasteiger partial charge < -0.3 is 5.73 Å². The van der Waals surface area contributed by atoms with Gasteiger partial charge in [-0.1, -0.05) is 33.3 Å². The van der Waals surface area contributed by atoms with E-state index in [9.17, 15) is 0 Å². The van der Waals surface area contributed by atoms with Crippen LogP contribution in [0.3, 0.4) is 0 Å². The van der Waals surface area contributed by atoms with Gasteiger partial charge >= 0.3 is 0 Å². The van der Waals surface area contributed by atoms with Gasteiger partial charge in [0, 0.05) is 5.69 Å². The predicted octanol–water partition coefficient (Wildman–Crippen LogP) is 3.35. The molecule has 0 aliphatic rings. The first-order chi connectivity index (χ1) is 6.72. The molecule has 0 unspecified atom stereocenters. The Hall–Kier alpha value is -0.980. The lowest BCUT2D eigenvalue weighted by Gasteiger charge is -2.11. The minimum atomic E-state index is 0.966. The van der Waals surface area contributed by atoms with Crippen molar-refractivity contribution in [1.82, 2.24) is 0 Å². The summed E-state index contributed by atoms with van der Waals surface area (Å²) in [6.45, 7) is 6.58. The molecule has 1 nitrogen and oxygen atoms in total. The summed E-state index contributed by atoms with van der Waals surface area (Å²) in [6, 6.07) is 4.45. The molecule has 1 aromatic carbocycles. The van der Waals surface area contributed by atoms with E-state index in [1.165, 1.54) is 23.1 Å². The standard InChI is InChI=1S/C13H21N/c1-4-7-12-9-13(14)11(6-3)8-10(12)5-2/h8-9H,4-7,14H2,1-3H3. The van der Waals surface area contributed by atoms with E-state index in [4.69, 9.17) is 5.73 Å². The number of anilines is 1. The fourth-order valence-corrected chi connectivity index (χ4v) is 1.90. The molecule has 0 fully saturated rings. The van der Waals surface area contributed by atoms with Crippen LogP contribution in [-0.4, -0.2) is 0 Å². The van der Waals surface area contributed by atoms with Crippen LogP contribution < -0.4 is 5.73 Å². The Morgan fingerprint density at radius 2 is 1.57 bits per heavy atom. The van der Waals surface area contributed by atoms with E-state index < -0.39 is 0 Å². The molecular weight excluding hydrogens is 170 g/mol. The van der Waals surface area contributed by atoms with Gasteiger partial charge in [-0.25, -0.2) is 0 Å². The molecule has 0 saturated carbocycles. The lowest BCUT2D eigenvalue weighted by molar-refractivity contribution is 0.896. The molecule has 14 heavy (non-hydrogen) atoms. The monoisotopic (exact) mass is 191 g/mol. The second-order valence-corrected chi connectivity index (χ2v) is 3.78. The van der Waals surface area contributed by atoms with Gasteiger partial charge in [0.25, 0.3) is 0 Å². The number of hydrogen-bond donors (Lipinski definition) is 1. The summed E-state index contributed by atoms with van der Waals surface area (Å²) in [5.41, 5.74) is 11.2. The van der Waals surface area contributed by atoms with Gasteiger partial charge in [-0.15, -0.1) is 0 Å². The van der Waals surface area contributed by atoms with Crippen LogP contribution >= 0.6 is 0 Å². The van der Waals surface area contributed by atoms with Gasteiger partial charge in [-0.2, -0.15) is 0 Å². The zero-order valence-corrected chi connectivity index (χ0v) is 9.56. The summed E-state index contributed by atoms with van der Waals surface area (Å²) in [6.07, 6.45) is 4.49. The molecule has 78 valence electrons. The Morgan fingerprint density at radius 1 is 0.929 bits per heavy atom. The maximum atomic E-state index is 5.99. The minimum Gasteiger partial charge on any atom is -0.398 e. The second-order valence-electron chi connectivity index (χ2n) is 3.78. The number of aryl methyl sites for hydroxylation is 3. The van der Waals surface area contributed by atoms with Crippen molar-refractivity contribution in [3.63, 3.8) is 0 Å². The van der Waals surface area contributed by atoms with Crippen LogP contribution in [0.5, 0.6) is 0 Å². The largest absolute Gasteiger partial charge is 0.398 e. The van der Waals surface area contributed by atoms with Crippen molar-refractivity contribution in [3.05, 3.63) is 28.8 Å². The van der Waals surface area contributed by atoms with Crippen molar-refractivity contribution >= 4 is 5.69 Å². The molecular formula is C13H21N. The van der Waals surface area contributed by atoms with Crippen LogP contribution in [0, 0.1) is 0 Å². The summed E-state index contributed by atoms with van der Waals surface area (Å²) < 4.78 is 0. The quantitative estimate of drug-likeness (QED) is 0.726. The minimum absolute atomic E-state index is 0.966. The van der Waals surface area contributed by atoms with E-state index in [1.807, 2.05) is 0 Å². The van der Waals surface area contributed by atoms with Gasteiger partial charge in [0.15, 0.2) is 0 Å². The fraction of sp³-hybridized carbons (Fsp3) is 0.538. The zero-order chi connectivity index (χ0) is 10.6. The Labute approximate surface area is 87.3 Å². The van der Waals surface area contributed by atoms with Crippen molar-refractivity contribution < 1.29 is 0 Å². The van der Waals surface area contributed by atoms with Crippen molar-refractivity contribution in [1.29, 1.82) is 0 Å². The first kappa shape index (κ1) is 11.1. The van der Waals surface area contributed by atoms with E-state index in [0.717, 1.165) is 24.9 Å². The van der Waals surface area contributed by atoms with E-state index in [-0.39, 0.29) is 0 Å². The van der Waals surface area contributed by atoms with Gasteiger partial charge in [0.05, 0.1) is 0 Å². The van der Waals surface area contributed by atoms with Crippen LogP contribution in [0.15, 0.2) is 12.1 Å². The summed E-state index contributed by atoms with van der Waals surface area (Å²) in [7, 11) is 0. The van der Waals surface area contributed by atoms with Crippen LogP contribution in [0.4, 0.5) is 5.69 Å². The Morgan fingerprint density at radius 3 is 2.07 bits per heavy atom. The summed E-state index contributed by atoms with van der Waals surface area (Å²) >= 11 is 0. The molecule has 1 heteroatoms. The molecule has 0 spiro atoms. The van der Waals surface area contributed by atoms with E-state index in [0.29, 0.717) is 0 Å². The average Bonchev–Trinajstić information content (AvgIpc) is 2.19. The third kappa shape index (κ3) is 2.28. The second kappa shape index (κ2) is 5.04. The predicted molar refractivity (Wildman–Crippen MR) is 63.6 cm³/mol. The number of rotatable bonds is 4. The van der Waals surface area contributed by atoms with E-state index in [1.54, 1.807) is 0 Å². The maximum Gasteiger partial charge on any atom is 0.0349 e. The van der Waals surface area contributed by atoms with Crippen LogP contribution in [0.2, 0.25) is 0 Å². The van der Waals surface area contributed by atoms with Gasteiger partial charge in [-0.3, -0.25) is 0 Å². The zero-order valence-electron chi connectivity index (χ0n) is 9.56. The maximum absolute atomic E-state index is 5.99. The topological polar surface area (TPSA) is 26.0 Å². The summed E-state index contributed by atoms with van der Waals surface area (Å²) in [5, 5.41) is 0. The first-order valence-electron chi connectivity index (χ1n) is 5.63. The van der Waals surface area contributed by atoms with Crippen molar-refractivity contribution in [2.75, 3.05) is 5.73 Å². The molecule has 0 aliphatic heterocycles. The molecule has 2 N–H and O–H groups in total. The Bertz CT molecular complexity index is 302. The van der Waals surface area contributed by atoms with Crippen LogP contribution in [0.1, 0.15) is 43.9 Å². The summed E-state index contributed by atoms with van der Waals surface area (Å²) in [4.78, 5) is 0. The summed E-state index contributed by atoms with van der Waals surface area (Å²) in [5.74, 6) is 0. The fourth-order valence-electron chi connectivity index (χ4n) is 1.90. The molecule has 1 aromatic rings.